The number of nitrogens with two attached hydrogens (primary N) is 1. The molecule has 0 aromatic carbocycles. The summed E-state index contributed by atoms with van der Waals surface area (Å²) in [7, 11) is 1.58. The predicted octanol–water partition coefficient (Wildman–Crippen LogP) is 0.726. The molecule has 0 spiro atoms. The van der Waals surface area contributed by atoms with E-state index in [2.05, 4.69) is 15.3 Å². The quantitative estimate of drug-likeness (QED) is 0.726. The van der Waals surface area contributed by atoms with Crippen LogP contribution in [0.4, 0.5) is 5.82 Å². The minimum Gasteiger partial charge on any atom is -0.481 e. The Hall–Kier alpha value is -1.40. The molecule has 1 unspecified atom stereocenters. The first kappa shape index (κ1) is 13.0. The Morgan fingerprint density at radius 1 is 1.56 bits per heavy atom. The number of nitrogens with zero attached hydrogens (tertiary/aromatic N) is 2. The van der Waals surface area contributed by atoms with E-state index in [9.17, 15) is 0 Å². The maximum Gasteiger partial charge on any atom is 0.222 e. The summed E-state index contributed by atoms with van der Waals surface area (Å²) in [4.78, 5) is 8.00. The molecule has 1 aliphatic heterocycles. The van der Waals surface area contributed by atoms with Crippen LogP contribution in [-0.2, 0) is 11.3 Å². The van der Waals surface area contributed by atoms with Crippen molar-refractivity contribution in [1.82, 2.24) is 15.3 Å². The van der Waals surface area contributed by atoms with Crippen molar-refractivity contribution in [1.29, 1.82) is 0 Å². The van der Waals surface area contributed by atoms with Gasteiger partial charge in [-0.25, -0.2) is 9.97 Å². The summed E-state index contributed by atoms with van der Waals surface area (Å²) in [5, 5.41) is 3.32. The summed E-state index contributed by atoms with van der Waals surface area (Å²) in [5.41, 5.74) is 6.62. The molecule has 0 saturated carbocycles. The Labute approximate surface area is 107 Å². The van der Waals surface area contributed by atoms with Crippen LogP contribution in [0.2, 0.25) is 0 Å². The lowest BCUT2D eigenvalue weighted by atomic mass is 10.2. The molecule has 3 N–H and O–H groups in total. The van der Waals surface area contributed by atoms with Crippen LogP contribution in [0.1, 0.15) is 24.8 Å². The van der Waals surface area contributed by atoms with E-state index in [0.29, 0.717) is 24.3 Å². The van der Waals surface area contributed by atoms with E-state index in [4.69, 9.17) is 15.2 Å². The summed E-state index contributed by atoms with van der Waals surface area (Å²) in [5.74, 6) is 0.999. The van der Waals surface area contributed by atoms with Crippen LogP contribution in [0, 0.1) is 0 Å². The van der Waals surface area contributed by atoms with Crippen molar-refractivity contribution in [3.05, 3.63) is 11.9 Å². The Morgan fingerprint density at radius 2 is 2.44 bits per heavy atom. The minimum absolute atomic E-state index is 0.406. The molecule has 2 heterocycles. The van der Waals surface area contributed by atoms with Crippen LogP contribution in [0.3, 0.4) is 0 Å². The third kappa shape index (κ3) is 3.30. The van der Waals surface area contributed by atoms with Gasteiger partial charge < -0.3 is 20.5 Å². The molecule has 1 atom stereocenters. The molecule has 6 nitrogen and oxygen atoms in total. The molecular formula is C12H20N4O2. The van der Waals surface area contributed by atoms with Gasteiger partial charge in [0.05, 0.1) is 18.8 Å². The van der Waals surface area contributed by atoms with Gasteiger partial charge in [-0.3, -0.25) is 0 Å². The second-order valence-electron chi connectivity index (χ2n) is 4.35. The average Bonchev–Trinajstić information content (AvgIpc) is 2.89. The van der Waals surface area contributed by atoms with Gasteiger partial charge in [-0.05, 0) is 25.8 Å². The van der Waals surface area contributed by atoms with E-state index < -0.39 is 0 Å². The second-order valence-corrected chi connectivity index (χ2v) is 4.35. The number of anilines is 1. The summed E-state index contributed by atoms with van der Waals surface area (Å²) in [6, 6.07) is 0. The highest BCUT2D eigenvalue weighted by atomic mass is 16.5. The number of hydrogen-bond acceptors (Lipinski definition) is 6. The molecule has 6 heteroatoms. The Morgan fingerprint density at radius 3 is 3.17 bits per heavy atom. The van der Waals surface area contributed by atoms with Gasteiger partial charge in [0, 0.05) is 13.2 Å². The zero-order valence-electron chi connectivity index (χ0n) is 10.7. The SMILES string of the molecule is COc1ncnc(N)c1CNCCC1CCCO1. The molecule has 2 rings (SSSR count). The van der Waals surface area contributed by atoms with E-state index in [0.717, 1.165) is 25.1 Å². The maximum absolute atomic E-state index is 5.81. The number of aromatic nitrogens is 2. The zero-order valence-corrected chi connectivity index (χ0v) is 10.7. The van der Waals surface area contributed by atoms with E-state index in [1.165, 1.54) is 19.2 Å². The molecule has 0 bridgehead atoms. The lowest BCUT2D eigenvalue weighted by Gasteiger charge is -2.12. The minimum atomic E-state index is 0.406. The van der Waals surface area contributed by atoms with Gasteiger partial charge in [-0.1, -0.05) is 0 Å². The van der Waals surface area contributed by atoms with Gasteiger partial charge in [0.15, 0.2) is 0 Å². The first-order chi connectivity index (χ1) is 8.81. The number of rotatable bonds is 6. The molecule has 1 saturated heterocycles. The molecule has 100 valence electrons. The van der Waals surface area contributed by atoms with Gasteiger partial charge in [0.2, 0.25) is 5.88 Å². The largest absolute Gasteiger partial charge is 0.481 e. The fraction of sp³-hybridized carbons (Fsp3) is 0.667. The number of methoxy groups -OCH3 is 1. The summed E-state index contributed by atoms with van der Waals surface area (Å²) in [6.45, 7) is 2.41. The third-order valence-corrected chi connectivity index (χ3v) is 3.10. The van der Waals surface area contributed by atoms with Crippen LogP contribution in [0.25, 0.3) is 0 Å². The maximum atomic E-state index is 5.81. The standard InChI is InChI=1S/C12H20N4O2/c1-17-12-10(11(13)15-8-16-12)7-14-5-4-9-3-2-6-18-9/h8-9,14H,2-7H2,1H3,(H2,13,15,16). The number of nitrogen functional groups attached to an aromatic ring is 1. The summed E-state index contributed by atoms with van der Waals surface area (Å²) < 4.78 is 10.7. The van der Waals surface area contributed by atoms with Crippen molar-refractivity contribution in [2.45, 2.75) is 31.9 Å². The molecule has 0 amide bonds. The smallest absolute Gasteiger partial charge is 0.222 e. The van der Waals surface area contributed by atoms with Crippen molar-refractivity contribution in [2.24, 2.45) is 0 Å². The van der Waals surface area contributed by atoms with E-state index >= 15 is 0 Å². The molecule has 1 aromatic rings. The molecule has 1 fully saturated rings. The topological polar surface area (TPSA) is 82.3 Å². The first-order valence-corrected chi connectivity index (χ1v) is 6.27. The zero-order chi connectivity index (χ0) is 12.8. The summed E-state index contributed by atoms with van der Waals surface area (Å²) >= 11 is 0. The van der Waals surface area contributed by atoms with E-state index in [1.54, 1.807) is 7.11 Å². The van der Waals surface area contributed by atoms with Crippen molar-refractivity contribution in [2.75, 3.05) is 26.0 Å². The molecular weight excluding hydrogens is 232 g/mol. The number of ether oxygens (including phenoxy) is 2. The fourth-order valence-corrected chi connectivity index (χ4v) is 2.10. The average molecular weight is 252 g/mol. The third-order valence-electron chi connectivity index (χ3n) is 3.10. The Kier molecular flexibility index (Phi) is 4.72. The highest BCUT2D eigenvalue weighted by molar-refractivity contribution is 5.44. The summed E-state index contributed by atoms with van der Waals surface area (Å²) in [6.07, 6.45) is 5.18. The van der Waals surface area contributed by atoms with Crippen molar-refractivity contribution >= 4 is 5.82 Å². The van der Waals surface area contributed by atoms with Crippen molar-refractivity contribution in [3.8, 4) is 5.88 Å². The normalized spacial score (nSPS) is 19.1. The van der Waals surface area contributed by atoms with Gasteiger partial charge >= 0.3 is 0 Å². The lowest BCUT2D eigenvalue weighted by Crippen LogP contribution is -2.21. The van der Waals surface area contributed by atoms with Crippen LogP contribution in [0.5, 0.6) is 5.88 Å². The highest BCUT2D eigenvalue weighted by Crippen LogP contribution is 2.19. The van der Waals surface area contributed by atoms with Crippen LogP contribution < -0.4 is 15.8 Å². The van der Waals surface area contributed by atoms with Crippen LogP contribution in [0.15, 0.2) is 6.33 Å². The fourth-order valence-electron chi connectivity index (χ4n) is 2.10. The predicted molar refractivity (Wildman–Crippen MR) is 68.3 cm³/mol. The van der Waals surface area contributed by atoms with Gasteiger partial charge in [0.1, 0.15) is 12.1 Å². The van der Waals surface area contributed by atoms with Crippen LogP contribution in [-0.4, -0.2) is 36.3 Å². The number of nitrogens with one attached hydrogen (secondary N) is 1. The second kappa shape index (κ2) is 6.51. The van der Waals surface area contributed by atoms with Crippen molar-refractivity contribution in [3.63, 3.8) is 0 Å². The number of hydrogen-bond donors (Lipinski definition) is 2. The Bertz CT molecular complexity index is 380. The monoisotopic (exact) mass is 252 g/mol. The van der Waals surface area contributed by atoms with E-state index in [-0.39, 0.29) is 0 Å². The molecule has 0 radical (unpaired) electrons. The Balaban J connectivity index is 1.78. The molecule has 1 aromatic heterocycles. The highest BCUT2D eigenvalue weighted by Gasteiger charge is 2.15. The molecule has 0 aliphatic carbocycles. The van der Waals surface area contributed by atoms with Gasteiger partial charge in [-0.15, -0.1) is 0 Å². The van der Waals surface area contributed by atoms with Gasteiger partial charge in [0.25, 0.3) is 0 Å². The first-order valence-electron chi connectivity index (χ1n) is 6.27. The molecule has 18 heavy (non-hydrogen) atoms. The van der Waals surface area contributed by atoms with Crippen LogP contribution >= 0.6 is 0 Å². The molecule has 1 aliphatic rings. The lowest BCUT2D eigenvalue weighted by molar-refractivity contribution is 0.104. The van der Waals surface area contributed by atoms with E-state index in [1.807, 2.05) is 0 Å². The van der Waals surface area contributed by atoms with Crippen molar-refractivity contribution < 1.29 is 9.47 Å². The van der Waals surface area contributed by atoms with Gasteiger partial charge in [-0.2, -0.15) is 0 Å².